The number of nitrogens with two attached hydrogens (primary N) is 1. The minimum Gasteiger partial charge on any atom is -0.384 e. The van der Waals surface area contributed by atoms with Gasteiger partial charge in [-0.3, -0.25) is 9.59 Å². The summed E-state index contributed by atoms with van der Waals surface area (Å²) in [5, 5.41) is 2.86. The van der Waals surface area contributed by atoms with Crippen LogP contribution in [-0.2, 0) is 11.3 Å². The number of alkyl halides is 2. The second-order valence-electron chi connectivity index (χ2n) is 11.5. The summed E-state index contributed by atoms with van der Waals surface area (Å²) in [5.41, 5.74) is 12.7. The Balaban J connectivity index is 1.20. The van der Waals surface area contributed by atoms with Gasteiger partial charge in [0, 0.05) is 60.7 Å². The molecule has 0 atom stereocenters. The van der Waals surface area contributed by atoms with E-state index < -0.39 is 5.92 Å². The number of hydrogen-bond donors (Lipinski definition) is 3. The molecule has 1 aliphatic heterocycles. The number of amides is 2. The standard InChI is InChI=1S/C37H32F3N5O2/c38-29-10-7-26(8-11-29)32-21-28(25-3-5-27(6-4-25)36(47)45-19-17-37(39,40)18-20-45)9-13-31(32)33-14-12-30(44-33)23-43-35(46)16-2-24-1-15-34(41)42-22-24/h1-16,21-22,44H,17-20,23H2,(H2,41,42)(H,43,46)/b16-2+. The molecule has 2 aromatic heterocycles. The molecule has 1 fully saturated rings. The van der Waals surface area contributed by atoms with E-state index in [0.717, 1.165) is 44.8 Å². The normalized spacial score (nSPS) is 14.3. The third-order valence-electron chi connectivity index (χ3n) is 8.15. The molecule has 1 saturated heterocycles. The van der Waals surface area contributed by atoms with Crippen LogP contribution in [0.4, 0.5) is 19.0 Å². The lowest BCUT2D eigenvalue weighted by molar-refractivity contribution is -0.116. The van der Waals surface area contributed by atoms with E-state index in [1.807, 2.05) is 42.5 Å². The number of carbonyl (C=O) groups excluding carboxylic acids is 2. The first-order chi connectivity index (χ1) is 22.6. The molecule has 0 aliphatic carbocycles. The number of halogens is 3. The third kappa shape index (κ3) is 7.61. The number of likely N-dealkylation sites (tertiary alicyclic amines) is 1. The highest BCUT2D eigenvalue weighted by atomic mass is 19.3. The average Bonchev–Trinajstić information content (AvgIpc) is 3.56. The van der Waals surface area contributed by atoms with E-state index in [4.69, 9.17) is 5.73 Å². The molecule has 3 aromatic carbocycles. The number of anilines is 1. The molecule has 5 aromatic rings. The maximum absolute atomic E-state index is 13.8. The lowest BCUT2D eigenvalue weighted by Crippen LogP contribution is -2.42. The first-order valence-corrected chi connectivity index (χ1v) is 15.2. The predicted molar refractivity (Wildman–Crippen MR) is 177 cm³/mol. The Morgan fingerprint density at radius 2 is 1.57 bits per heavy atom. The SMILES string of the molecule is Nc1ccc(/C=C/C(=O)NCc2ccc(-c3ccc(-c4ccc(C(=O)N5CCC(F)(F)CC5)cc4)cc3-c3ccc(F)cc3)[nH]2)cn1. The highest BCUT2D eigenvalue weighted by Gasteiger charge is 2.35. The molecular weight excluding hydrogens is 603 g/mol. The van der Waals surface area contributed by atoms with Gasteiger partial charge in [-0.05, 0) is 88.5 Å². The Morgan fingerprint density at radius 3 is 2.28 bits per heavy atom. The van der Waals surface area contributed by atoms with Crippen molar-refractivity contribution in [2.45, 2.75) is 25.3 Å². The average molecular weight is 636 g/mol. The van der Waals surface area contributed by atoms with Gasteiger partial charge in [0.05, 0.1) is 6.54 Å². The topological polar surface area (TPSA) is 104 Å². The number of hydrogen-bond acceptors (Lipinski definition) is 4. The molecule has 1 aliphatic rings. The molecule has 47 heavy (non-hydrogen) atoms. The van der Waals surface area contributed by atoms with Gasteiger partial charge >= 0.3 is 0 Å². The number of nitrogens with zero attached hydrogens (tertiary/aromatic N) is 2. The van der Waals surface area contributed by atoms with Crippen molar-refractivity contribution in [1.82, 2.24) is 20.2 Å². The van der Waals surface area contributed by atoms with Gasteiger partial charge in [-0.15, -0.1) is 0 Å². The molecule has 0 bridgehead atoms. The van der Waals surface area contributed by atoms with Crippen molar-refractivity contribution in [3.05, 3.63) is 126 Å². The molecular formula is C37H32F3N5O2. The minimum absolute atomic E-state index is 0.0301. The highest BCUT2D eigenvalue weighted by Crippen LogP contribution is 2.36. The lowest BCUT2D eigenvalue weighted by atomic mass is 9.93. The largest absolute Gasteiger partial charge is 0.384 e. The van der Waals surface area contributed by atoms with Gasteiger partial charge in [0.1, 0.15) is 11.6 Å². The van der Waals surface area contributed by atoms with Crippen LogP contribution in [0.1, 0.15) is 34.5 Å². The molecule has 3 heterocycles. The van der Waals surface area contributed by atoms with E-state index in [1.165, 1.54) is 23.1 Å². The summed E-state index contributed by atoms with van der Waals surface area (Å²) in [4.78, 5) is 34.2. The monoisotopic (exact) mass is 635 g/mol. The Labute approximate surface area is 270 Å². The molecule has 7 nitrogen and oxygen atoms in total. The number of aromatic nitrogens is 2. The first-order valence-electron chi connectivity index (χ1n) is 15.2. The van der Waals surface area contributed by atoms with Gasteiger partial charge in [-0.1, -0.05) is 36.4 Å². The molecule has 238 valence electrons. The van der Waals surface area contributed by atoms with Gasteiger partial charge in [-0.2, -0.15) is 0 Å². The zero-order chi connectivity index (χ0) is 33.0. The molecule has 4 N–H and O–H groups in total. The Bertz CT molecular complexity index is 1910. The summed E-state index contributed by atoms with van der Waals surface area (Å²) in [6.07, 6.45) is 4.02. The van der Waals surface area contributed by atoms with Gasteiger partial charge in [-0.25, -0.2) is 18.2 Å². The zero-order valence-corrected chi connectivity index (χ0v) is 25.4. The van der Waals surface area contributed by atoms with Crippen LogP contribution in [0.5, 0.6) is 0 Å². The number of nitrogens with one attached hydrogen (secondary N) is 2. The minimum atomic E-state index is -2.72. The van der Waals surface area contributed by atoms with E-state index in [9.17, 15) is 22.8 Å². The molecule has 0 saturated carbocycles. The quantitative estimate of drug-likeness (QED) is 0.155. The van der Waals surface area contributed by atoms with Crippen LogP contribution in [0.2, 0.25) is 0 Å². The number of carbonyl (C=O) groups is 2. The smallest absolute Gasteiger partial charge is 0.253 e. The summed E-state index contributed by atoms with van der Waals surface area (Å²) in [6.45, 7) is 0.336. The van der Waals surface area contributed by atoms with Crippen LogP contribution in [0.15, 0.2) is 103 Å². The van der Waals surface area contributed by atoms with Crippen LogP contribution in [0.3, 0.4) is 0 Å². The van der Waals surface area contributed by atoms with Crippen molar-refractivity contribution in [2.24, 2.45) is 0 Å². The van der Waals surface area contributed by atoms with E-state index in [-0.39, 0.29) is 50.1 Å². The summed E-state index contributed by atoms with van der Waals surface area (Å²) in [5.74, 6) is -3.19. The molecule has 0 spiro atoms. The van der Waals surface area contributed by atoms with Crippen molar-refractivity contribution < 1.29 is 22.8 Å². The van der Waals surface area contributed by atoms with Crippen LogP contribution >= 0.6 is 0 Å². The number of H-pyrrole nitrogens is 1. The fraction of sp³-hybridized carbons (Fsp3) is 0.162. The van der Waals surface area contributed by atoms with Gasteiger partial charge in [0.15, 0.2) is 0 Å². The summed E-state index contributed by atoms with van der Waals surface area (Å²) in [6, 6.07) is 26.5. The van der Waals surface area contributed by atoms with Gasteiger partial charge in [0.25, 0.3) is 11.8 Å². The fourth-order valence-electron chi connectivity index (χ4n) is 5.48. The lowest BCUT2D eigenvalue weighted by Gasteiger charge is -2.31. The van der Waals surface area contributed by atoms with Crippen LogP contribution < -0.4 is 11.1 Å². The van der Waals surface area contributed by atoms with E-state index in [0.29, 0.717) is 11.4 Å². The van der Waals surface area contributed by atoms with E-state index in [2.05, 4.69) is 15.3 Å². The zero-order valence-electron chi connectivity index (χ0n) is 25.4. The Hall–Kier alpha value is -5.64. The van der Waals surface area contributed by atoms with Crippen LogP contribution in [0, 0.1) is 5.82 Å². The Kier molecular flexibility index (Phi) is 8.92. The molecule has 0 radical (unpaired) electrons. The molecule has 6 rings (SSSR count). The summed E-state index contributed by atoms with van der Waals surface area (Å²) < 4.78 is 41.0. The second kappa shape index (κ2) is 13.4. The first kappa shape index (κ1) is 31.3. The number of aromatic amines is 1. The van der Waals surface area contributed by atoms with Crippen molar-refractivity contribution in [2.75, 3.05) is 18.8 Å². The molecule has 10 heteroatoms. The second-order valence-corrected chi connectivity index (χ2v) is 11.5. The van der Waals surface area contributed by atoms with Crippen molar-refractivity contribution in [3.8, 4) is 33.5 Å². The number of nitrogen functional groups attached to an aromatic ring is 1. The third-order valence-corrected chi connectivity index (χ3v) is 8.15. The van der Waals surface area contributed by atoms with Crippen molar-refractivity contribution in [3.63, 3.8) is 0 Å². The molecule has 2 amide bonds. The fourth-order valence-corrected chi connectivity index (χ4v) is 5.48. The maximum atomic E-state index is 13.8. The van der Waals surface area contributed by atoms with Crippen LogP contribution in [0.25, 0.3) is 39.6 Å². The number of piperidine rings is 1. The van der Waals surface area contributed by atoms with Gasteiger partial charge in [0.2, 0.25) is 5.91 Å². The number of benzene rings is 3. The van der Waals surface area contributed by atoms with Crippen molar-refractivity contribution >= 4 is 23.7 Å². The predicted octanol–water partition coefficient (Wildman–Crippen LogP) is 7.33. The van der Waals surface area contributed by atoms with E-state index >= 15 is 0 Å². The summed E-state index contributed by atoms with van der Waals surface area (Å²) >= 11 is 0. The Morgan fingerprint density at radius 1 is 0.872 bits per heavy atom. The van der Waals surface area contributed by atoms with E-state index in [1.54, 1.807) is 48.7 Å². The van der Waals surface area contributed by atoms with Gasteiger partial charge < -0.3 is 20.9 Å². The molecule has 0 unspecified atom stereocenters. The van der Waals surface area contributed by atoms with Crippen molar-refractivity contribution in [1.29, 1.82) is 0 Å². The maximum Gasteiger partial charge on any atom is 0.253 e. The highest BCUT2D eigenvalue weighted by molar-refractivity contribution is 5.95. The van der Waals surface area contributed by atoms with Crippen LogP contribution in [-0.4, -0.2) is 45.7 Å². The summed E-state index contributed by atoms with van der Waals surface area (Å²) in [7, 11) is 0. The number of pyridine rings is 1. The number of rotatable bonds is 8.